The summed E-state index contributed by atoms with van der Waals surface area (Å²) >= 11 is 0. The first-order valence-corrected chi connectivity index (χ1v) is 21.4. The Morgan fingerprint density at radius 3 is 1.98 bits per heavy atom. The Bertz CT molecular complexity index is 2480. The molecule has 0 fully saturated rings. The van der Waals surface area contributed by atoms with Gasteiger partial charge in [-0.3, -0.25) is 19.2 Å². The van der Waals surface area contributed by atoms with E-state index < -0.39 is 88.7 Å². The molecule has 13 nitrogen and oxygen atoms in total. The van der Waals surface area contributed by atoms with E-state index >= 15 is 9.59 Å². The van der Waals surface area contributed by atoms with E-state index in [2.05, 4.69) is 5.32 Å². The summed E-state index contributed by atoms with van der Waals surface area (Å²) in [7, 11) is 1.43. The summed E-state index contributed by atoms with van der Waals surface area (Å²) in [5.41, 5.74) is 1.25. The first kappa shape index (κ1) is 47.5. The number of hydrogen-bond donors (Lipinski definition) is 4. The van der Waals surface area contributed by atoms with Crippen molar-refractivity contribution >= 4 is 29.2 Å². The Labute approximate surface area is 373 Å². The summed E-state index contributed by atoms with van der Waals surface area (Å²) in [6, 6.07) is 13.8. The standard InChI is InChI=1S/C51H57NO12/c1-25-14-18-33(19-15-25)24-35-40-45(57)38-37(44(35)56)39-47(32(8)46(38)63-50(60)34-20-16-26(2)17-21-34)64-51(9,48(39)58)62-23-22-36(61-10)29(5)42(54)31(7)43(55)30(6)41(53)27(3)12-11-13-28(4)49(59)52-40/h11-23,27,29-31,36,41-43,53-55H,24H2,1-10H3,(H,52,59)/b12-11+,23-22+,28-13-/t27-,29+,30+,31+,36-,41-,42+,43-,51-/m0/s1. The molecular weight excluding hydrogens is 819 g/mol. The van der Waals surface area contributed by atoms with Gasteiger partial charge < -0.3 is 39.6 Å². The smallest absolute Gasteiger partial charge is 0.343 e. The molecule has 0 radical (unpaired) electrons. The lowest BCUT2D eigenvalue weighted by atomic mass is 9.78. The van der Waals surface area contributed by atoms with Crippen molar-refractivity contribution in [2.24, 2.45) is 23.7 Å². The molecule has 1 amide bonds. The number of allylic oxidation sites excluding steroid dienone is 4. The van der Waals surface area contributed by atoms with Crippen molar-refractivity contribution in [3.8, 4) is 11.5 Å². The molecule has 0 aromatic heterocycles. The molecule has 4 aliphatic rings. The van der Waals surface area contributed by atoms with Crippen LogP contribution in [0.1, 0.15) is 105 Å². The fourth-order valence-electron chi connectivity index (χ4n) is 8.40. The molecule has 1 aliphatic carbocycles. The molecule has 13 heteroatoms. The van der Waals surface area contributed by atoms with Crippen molar-refractivity contribution in [1.82, 2.24) is 5.32 Å². The highest BCUT2D eigenvalue weighted by atomic mass is 16.7. The molecule has 4 N–H and O–H groups in total. The van der Waals surface area contributed by atoms with Gasteiger partial charge in [0.05, 0.1) is 58.6 Å². The second kappa shape index (κ2) is 19.0. The molecule has 338 valence electrons. The minimum Gasteiger partial charge on any atom is -0.454 e. The number of carbonyl (C=O) groups is 5. The maximum absolute atomic E-state index is 15.2. The largest absolute Gasteiger partial charge is 0.454 e. The summed E-state index contributed by atoms with van der Waals surface area (Å²) in [5.74, 6) is -9.22. The first-order chi connectivity index (χ1) is 30.2. The molecule has 3 heterocycles. The van der Waals surface area contributed by atoms with Crippen LogP contribution in [-0.4, -0.2) is 81.9 Å². The van der Waals surface area contributed by atoms with Crippen LogP contribution in [-0.2, 0) is 20.7 Å². The number of benzene rings is 3. The fraction of sp³-hybridized carbons (Fsp3) is 0.392. The fourth-order valence-corrected chi connectivity index (χ4v) is 8.40. The minimum absolute atomic E-state index is 0.0454. The quantitative estimate of drug-likeness (QED) is 0.155. The van der Waals surface area contributed by atoms with Gasteiger partial charge in [-0.1, -0.05) is 93.4 Å². The van der Waals surface area contributed by atoms with E-state index in [0.717, 1.165) is 11.1 Å². The van der Waals surface area contributed by atoms with Crippen LogP contribution in [0, 0.1) is 44.4 Å². The predicted molar refractivity (Wildman–Crippen MR) is 238 cm³/mol. The normalized spacial score (nSPS) is 29.6. The number of aliphatic hydroxyl groups excluding tert-OH is 3. The van der Waals surface area contributed by atoms with Crippen LogP contribution >= 0.6 is 0 Å². The Morgan fingerprint density at radius 1 is 0.766 bits per heavy atom. The van der Waals surface area contributed by atoms with Crippen molar-refractivity contribution in [1.29, 1.82) is 0 Å². The van der Waals surface area contributed by atoms with Gasteiger partial charge >= 0.3 is 11.8 Å². The van der Waals surface area contributed by atoms with Gasteiger partial charge in [0.2, 0.25) is 5.78 Å². The number of ketones is 3. The number of hydrogen-bond acceptors (Lipinski definition) is 12. The molecule has 9 atom stereocenters. The number of Topliss-reactive ketones (excluding diaryl/α,β-unsaturated/α-hetero) is 3. The highest BCUT2D eigenvalue weighted by Gasteiger charge is 2.53. The molecule has 5 bridgehead atoms. The SMILES string of the molecule is CO[C@H]1/C=C/O[C@@]2(C)Oc3c(C)c(OC(=O)c4ccc(C)cc4)c4c(c3C2=O)C(=O)C(Cc2ccc(C)cc2)=C(NC(=O)/C(C)=C\C=C\[C@H](C)[C@H](O)[C@@H](C)[C@H](O)[C@H](C)[C@H](O)[C@@H]1C)C4=O. The molecular formula is C51H57NO12. The van der Waals surface area contributed by atoms with Crippen molar-refractivity contribution in [2.45, 2.75) is 98.9 Å². The Morgan fingerprint density at radius 2 is 1.36 bits per heavy atom. The van der Waals surface area contributed by atoms with E-state index in [1.165, 1.54) is 46.3 Å². The van der Waals surface area contributed by atoms with Gasteiger partial charge in [-0.2, -0.15) is 0 Å². The minimum atomic E-state index is -2.12. The number of methoxy groups -OCH3 is 1. The second-order valence-electron chi connectivity index (χ2n) is 17.5. The molecule has 3 aromatic rings. The van der Waals surface area contributed by atoms with Crippen molar-refractivity contribution in [3.63, 3.8) is 0 Å². The summed E-state index contributed by atoms with van der Waals surface area (Å²) < 4.78 is 24.0. The Kier molecular flexibility index (Phi) is 14.1. The molecule has 64 heavy (non-hydrogen) atoms. The molecule has 0 unspecified atom stereocenters. The number of fused-ring (bicyclic) bond motifs is 14. The number of nitrogens with one attached hydrogen (secondary N) is 1. The van der Waals surface area contributed by atoms with Gasteiger partial charge in [-0.15, -0.1) is 0 Å². The molecule has 3 aliphatic heterocycles. The molecule has 3 aromatic carbocycles. The van der Waals surface area contributed by atoms with Crippen molar-refractivity contribution in [2.75, 3.05) is 7.11 Å². The summed E-state index contributed by atoms with van der Waals surface area (Å²) in [6.07, 6.45) is 3.12. The average Bonchev–Trinajstić information content (AvgIpc) is 3.54. The topological polar surface area (TPSA) is 195 Å². The van der Waals surface area contributed by atoms with Crippen molar-refractivity contribution in [3.05, 3.63) is 140 Å². The summed E-state index contributed by atoms with van der Waals surface area (Å²) in [5, 5.41) is 36.8. The van der Waals surface area contributed by atoms with Gasteiger partial charge in [0, 0.05) is 60.8 Å². The van der Waals surface area contributed by atoms with E-state index in [9.17, 15) is 29.7 Å². The van der Waals surface area contributed by atoms with Crippen LogP contribution in [0.5, 0.6) is 11.5 Å². The van der Waals surface area contributed by atoms with Crippen LogP contribution in [0.3, 0.4) is 0 Å². The maximum Gasteiger partial charge on any atom is 0.343 e. The van der Waals surface area contributed by atoms with Gasteiger partial charge in [-0.05, 0) is 51.5 Å². The van der Waals surface area contributed by atoms with E-state index in [1.807, 2.05) is 26.0 Å². The number of aryl methyl sites for hydroxylation is 2. The highest BCUT2D eigenvalue weighted by molar-refractivity contribution is 6.33. The highest BCUT2D eigenvalue weighted by Crippen LogP contribution is 2.49. The van der Waals surface area contributed by atoms with E-state index in [1.54, 1.807) is 76.2 Å². The lowest BCUT2D eigenvalue weighted by molar-refractivity contribution is -0.116. The van der Waals surface area contributed by atoms with Crippen LogP contribution in [0.15, 0.2) is 95.9 Å². The van der Waals surface area contributed by atoms with Crippen LogP contribution in [0.2, 0.25) is 0 Å². The zero-order chi connectivity index (χ0) is 46.9. The van der Waals surface area contributed by atoms with Gasteiger partial charge in [-0.25, -0.2) is 4.79 Å². The van der Waals surface area contributed by atoms with Crippen LogP contribution in [0.4, 0.5) is 0 Å². The lowest BCUT2D eigenvalue weighted by Crippen LogP contribution is -2.45. The molecule has 0 saturated carbocycles. The number of carbonyl (C=O) groups excluding carboxylic acids is 5. The predicted octanol–water partition coefficient (Wildman–Crippen LogP) is 6.80. The third kappa shape index (κ3) is 9.16. The molecule has 7 rings (SSSR count). The van der Waals surface area contributed by atoms with Crippen molar-refractivity contribution < 1.29 is 58.2 Å². The number of aliphatic hydroxyl groups is 3. The Hall–Kier alpha value is -5.99. The number of rotatable bonds is 5. The number of ether oxygens (including phenoxy) is 4. The third-order valence-electron chi connectivity index (χ3n) is 12.8. The second-order valence-corrected chi connectivity index (χ2v) is 17.5. The lowest BCUT2D eigenvalue weighted by Gasteiger charge is -2.36. The zero-order valence-electron chi connectivity index (χ0n) is 37.8. The van der Waals surface area contributed by atoms with Gasteiger partial charge in [0.25, 0.3) is 11.7 Å². The Balaban J connectivity index is 1.56. The monoisotopic (exact) mass is 875 g/mol. The van der Waals surface area contributed by atoms with E-state index in [0.29, 0.717) is 5.56 Å². The summed E-state index contributed by atoms with van der Waals surface area (Å²) in [4.78, 5) is 72.9. The zero-order valence-corrected chi connectivity index (χ0v) is 37.8. The summed E-state index contributed by atoms with van der Waals surface area (Å²) in [6.45, 7) is 14.9. The molecule has 0 saturated heterocycles. The van der Waals surface area contributed by atoms with Gasteiger partial charge in [0.1, 0.15) is 11.5 Å². The average molecular weight is 876 g/mol. The maximum atomic E-state index is 15.2. The third-order valence-corrected chi connectivity index (χ3v) is 12.8. The van der Waals surface area contributed by atoms with E-state index in [-0.39, 0.29) is 57.0 Å². The first-order valence-electron chi connectivity index (χ1n) is 21.4. The van der Waals surface area contributed by atoms with Crippen LogP contribution in [0.25, 0.3) is 0 Å². The molecule has 0 spiro atoms. The van der Waals surface area contributed by atoms with E-state index in [4.69, 9.17) is 18.9 Å². The number of esters is 1. The number of amides is 1. The van der Waals surface area contributed by atoms with Crippen LogP contribution < -0.4 is 14.8 Å². The van der Waals surface area contributed by atoms with Gasteiger partial charge in [0.15, 0.2) is 5.78 Å².